The number of benzene rings is 3. The van der Waals surface area contributed by atoms with E-state index in [1.807, 2.05) is 19.1 Å². The van der Waals surface area contributed by atoms with E-state index in [0.29, 0.717) is 17.0 Å². The lowest BCUT2D eigenvalue weighted by molar-refractivity contribution is -0.136. The Bertz CT molecular complexity index is 1070. The zero-order chi connectivity index (χ0) is 21.3. The van der Waals surface area contributed by atoms with Crippen LogP contribution in [0.15, 0.2) is 77.9 Å². The summed E-state index contributed by atoms with van der Waals surface area (Å²) < 4.78 is 18.8. The van der Waals surface area contributed by atoms with E-state index < -0.39 is 11.8 Å². The van der Waals surface area contributed by atoms with Crippen LogP contribution in [0.2, 0.25) is 0 Å². The number of anilines is 1. The van der Waals surface area contributed by atoms with E-state index in [1.165, 1.54) is 18.3 Å². The maximum atomic E-state index is 13.2. The summed E-state index contributed by atoms with van der Waals surface area (Å²) in [4.78, 5) is 23.8. The first kappa shape index (κ1) is 20.7. The topological polar surface area (TPSA) is 79.8 Å². The van der Waals surface area contributed by atoms with Crippen LogP contribution in [-0.2, 0) is 16.2 Å². The van der Waals surface area contributed by atoms with E-state index in [-0.39, 0.29) is 12.4 Å². The van der Waals surface area contributed by atoms with Crippen molar-refractivity contribution in [2.45, 2.75) is 13.5 Å². The van der Waals surface area contributed by atoms with Gasteiger partial charge in [0.05, 0.1) is 6.21 Å². The molecule has 2 amide bonds. The molecule has 3 aromatic rings. The van der Waals surface area contributed by atoms with Crippen molar-refractivity contribution in [3.05, 3.63) is 95.3 Å². The molecule has 0 atom stereocenters. The third-order valence-corrected chi connectivity index (χ3v) is 4.15. The first-order valence-electron chi connectivity index (χ1n) is 9.18. The summed E-state index contributed by atoms with van der Waals surface area (Å²) in [7, 11) is 0. The van der Waals surface area contributed by atoms with Crippen molar-refractivity contribution in [2.24, 2.45) is 5.10 Å². The van der Waals surface area contributed by atoms with Crippen LogP contribution in [0.1, 0.15) is 16.7 Å². The fraction of sp³-hybridized carbons (Fsp3) is 0.0870. The smallest absolute Gasteiger partial charge is 0.329 e. The SMILES string of the molecule is Cc1ccccc1NC(=O)C(=O)N/N=C\c1ccc(OCc2cccc(F)c2)cc1. The van der Waals surface area contributed by atoms with Crippen molar-refractivity contribution in [2.75, 3.05) is 5.32 Å². The fourth-order valence-corrected chi connectivity index (χ4v) is 2.55. The molecule has 0 fully saturated rings. The minimum atomic E-state index is -0.871. The lowest BCUT2D eigenvalue weighted by Crippen LogP contribution is -2.32. The van der Waals surface area contributed by atoms with Gasteiger partial charge in [0, 0.05) is 5.69 Å². The Morgan fingerprint density at radius 2 is 1.77 bits per heavy atom. The Labute approximate surface area is 173 Å². The lowest BCUT2D eigenvalue weighted by Gasteiger charge is -2.07. The number of amides is 2. The Kier molecular flexibility index (Phi) is 6.89. The highest BCUT2D eigenvalue weighted by molar-refractivity contribution is 6.39. The Morgan fingerprint density at radius 3 is 2.50 bits per heavy atom. The number of hydrogen-bond acceptors (Lipinski definition) is 4. The van der Waals surface area contributed by atoms with E-state index in [4.69, 9.17) is 4.74 Å². The molecule has 0 aliphatic rings. The number of hydrogen-bond donors (Lipinski definition) is 2. The van der Waals surface area contributed by atoms with Gasteiger partial charge in [-0.2, -0.15) is 5.10 Å². The van der Waals surface area contributed by atoms with E-state index in [2.05, 4.69) is 15.8 Å². The summed E-state index contributed by atoms with van der Waals surface area (Å²) in [5, 5.41) is 6.32. The minimum Gasteiger partial charge on any atom is -0.489 e. The number of carbonyl (C=O) groups excluding carboxylic acids is 2. The Balaban J connectivity index is 1.48. The molecule has 0 aliphatic carbocycles. The van der Waals surface area contributed by atoms with Crippen LogP contribution in [0.3, 0.4) is 0 Å². The highest BCUT2D eigenvalue weighted by Gasteiger charge is 2.13. The number of para-hydroxylation sites is 1. The van der Waals surface area contributed by atoms with Crippen molar-refractivity contribution in [1.82, 2.24) is 5.43 Å². The van der Waals surface area contributed by atoms with E-state index in [0.717, 1.165) is 11.1 Å². The molecule has 0 aliphatic heterocycles. The van der Waals surface area contributed by atoms with Crippen LogP contribution in [0.25, 0.3) is 0 Å². The number of nitrogens with zero attached hydrogens (tertiary/aromatic N) is 1. The first-order chi connectivity index (χ1) is 14.5. The number of halogens is 1. The van der Waals surface area contributed by atoms with Gasteiger partial charge >= 0.3 is 11.8 Å². The average molecular weight is 405 g/mol. The molecule has 0 radical (unpaired) electrons. The van der Waals surface area contributed by atoms with E-state index >= 15 is 0 Å². The van der Waals surface area contributed by atoms with Crippen LogP contribution in [0.4, 0.5) is 10.1 Å². The second-order valence-electron chi connectivity index (χ2n) is 6.46. The van der Waals surface area contributed by atoms with Gasteiger partial charge < -0.3 is 10.1 Å². The first-order valence-corrected chi connectivity index (χ1v) is 9.18. The minimum absolute atomic E-state index is 0.247. The van der Waals surface area contributed by atoms with Gasteiger partial charge in [-0.1, -0.05) is 30.3 Å². The van der Waals surface area contributed by atoms with Crippen molar-refractivity contribution in [3.8, 4) is 5.75 Å². The predicted octanol–water partition coefficient (Wildman–Crippen LogP) is 3.80. The number of nitrogens with one attached hydrogen (secondary N) is 2. The second-order valence-corrected chi connectivity index (χ2v) is 6.46. The van der Waals surface area contributed by atoms with E-state index in [9.17, 15) is 14.0 Å². The van der Waals surface area contributed by atoms with Gasteiger partial charge in [0.25, 0.3) is 0 Å². The summed E-state index contributed by atoms with van der Waals surface area (Å²) in [5.74, 6) is -1.37. The molecule has 7 heteroatoms. The monoisotopic (exact) mass is 405 g/mol. The Hall–Kier alpha value is -4.00. The quantitative estimate of drug-likeness (QED) is 0.372. The number of aryl methyl sites for hydroxylation is 1. The van der Waals surface area contributed by atoms with Crippen molar-refractivity contribution in [3.63, 3.8) is 0 Å². The summed E-state index contributed by atoms with van der Waals surface area (Å²) in [6.45, 7) is 2.08. The summed E-state index contributed by atoms with van der Waals surface area (Å²) in [6, 6.07) is 20.3. The highest BCUT2D eigenvalue weighted by atomic mass is 19.1. The van der Waals surface area contributed by atoms with Crippen molar-refractivity contribution >= 4 is 23.7 Å². The van der Waals surface area contributed by atoms with E-state index in [1.54, 1.807) is 48.5 Å². The summed E-state index contributed by atoms with van der Waals surface area (Å²) in [6.07, 6.45) is 1.41. The molecule has 0 heterocycles. The zero-order valence-electron chi connectivity index (χ0n) is 16.3. The predicted molar refractivity (Wildman–Crippen MR) is 113 cm³/mol. The molecule has 30 heavy (non-hydrogen) atoms. The van der Waals surface area contributed by atoms with Crippen molar-refractivity contribution in [1.29, 1.82) is 0 Å². The number of carbonyl (C=O) groups is 2. The molecule has 2 N–H and O–H groups in total. The second kappa shape index (κ2) is 9.97. The molecule has 0 saturated carbocycles. The van der Waals surface area contributed by atoms with Gasteiger partial charge in [-0.3, -0.25) is 9.59 Å². The van der Waals surface area contributed by atoms with Crippen LogP contribution in [-0.4, -0.2) is 18.0 Å². The normalized spacial score (nSPS) is 10.6. The van der Waals surface area contributed by atoms with Gasteiger partial charge in [0.15, 0.2) is 0 Å². The molecule has 0 aromatic heterocycles. The summed E-state index contributed by atoms with van der Waals surface area (Å²) in [5.41, 5.74) is 5.03. The molecule has 0 saturated heterocycles. The van der Waals surface area contributed by atoms with Gasteiger partial charge in [0.1, 0.15) is 18.2 Å². The maximum absolute atomic E-state index is 13.2. The van der Waals surface area contributed by atoms with Gasteiger partial charge in [0.2, 0.25) is 0 Å². The van der Waals surface area contributed by atoms with Crippen LogP contribution < -0.4 is 15.5 Å². The molecule has 0 unspecified atom stereocenters. The molecule has 152 valence electrons. The molecular weight excluding hydrogens is 385 g/mol. The Morgan fingerprint density at radius 1 is 1.00 bits per heavy atom. The third kappa shape index (κ3) is 6.00. The van der Waals surface area contributed by atoms with Crippen LogP contribution >= 0.6 is 0 Å². The fourth-order valence-electron chi connectivity index (χ4n) is 2.55. The standard InChI is InChI=1S/C23H20FN3O3/c1-16-5-2-3-8-21(16)26-22(28)23(29)27-25-14-17-9-11-20(12-10-17)30-15-18-6-4-7-19(24)13-18/h2-14H,15H2,1H3,(H,26,28)(H,27,29)/b25-14-. The number of rotatable bonds is 6. The van der Waals surface area contributed by atoms with Gasteiger partial charge in [-0.25, -0.2) is 9.82 Å². The maximum Gasteiger partial charge on any atom is 0.329 e. The summed E-state index contributed by atoms with van der Waals surface area (Å²) >= 11 is 0. The van der Waals surface area contributed by atoms with Crippen molar-refractivity contribution < 1.29 is 18.7 Å². The molecule has 3 aromatic carbocycles. The average Bonchev–Trinajstić information content (AvgIpc) is 2.75. The molecule has 0 spiro atoms. The zero-order valence-corrected chi connectivity index (χ0v) is 16.3. The molecular formula is C23H20FN3O3. The third-order valence-electron chi connectivity index (χ3n) is 4.15. The van der Waals surface area contributed by atoms with Gasteiger partial charge in [-0.05, 0) is 66.1 Å². The molecule has 6 nitrogen and oxygen atoms in total. The van der Waals surface area contributed by atoms with Crippen LogP contribution in [0, 0.1) is 12.7 Å². The lowest BCUT2D eigenvalue weighted by atomic mass is 10.2. The number of ether oxygens (including phenoxy) is 1. The molecule has 3 rings (SSSR count). The largest absolute Gasteiger partial charge is 0.489 e. The highest BCUT2D eigenvalue weighted by Crippen LogP contribution is 2.14. The number of hydrazone groups is 1. The molecule has 0 bridgehead atoms. The van der Waals surface area contributed by atoms with Gasteiger partial charge in [-0.15, -0.1) is 0 Å². The van der Waals surface area contributed by atoms with Crippen LogP contribution in [0.5, 0.6) is 5.75 Å².